The van der Waals surface area contributed by atoms with Gasteiger partial charge in [-0.2, -0.15) is 5.26 Å². The Kier molecular flexibility index (Phi) is 3.17. The van der Waals surface area contributed by atoms with E-state index in [0.717, 1.165) is 0 Å². The molecule has 17 heavy (non-hydrogen) atoms. The average molecular weight is 226 g/mol. The molecular formula is C12H10N4O. The van der Waals surface area contributed by atoms with Crippen molar-refractivity contribution in [3.63, 3.8) is 0 Å². The van der Waals surface area contributed by atoms with Crippen LogP contribution in [0.2, 0.25) is 0 Å². The lowest BCUT2D eigenvalue weighted by molar-refractivity contribution is 0.415. The summed E-state index contributed by atoms with van der Waals surface area (Å²) in [6.07, 6.45) is 3.25. The lowest BCUT2D eigenvalue weighted by Crippen LogP contribution is -1.98. The van der Waals surface area contributed by atoms with E-state index in [-0.39, 0.29) is 0 Å². The summed E-state index contributed by atoms with van der Waals surface area (Å²) in [5.41, 5.74) is 1.14. The fourth-order valence-electron chi connectivity index (χ4n) is 1.34. The van der Waals surface area contributed by atoms with Crippen LogP contribution in [0.25, 0.3) is 0 Å². The van der Waals surface area contributed by atoms with E-state index >= 15 is 0 Å². The van der Waals surface area contributed by atoms with Crippen LogP contribution in [0.15, 0.2) is 36.7 Å². The van der Waals surface area contributed by atoms with Gasteiger partial charge in [-0.15, -0.1) is 0 Å². The molecule has 5 heteroatoms. The second kappa shape index (κ2) is 4.94. The third-order valence-corrected chi connectivity index (χ3v) is 2.16. The summed E-state index contributed by atoms with van der Waals surface area (Å²) >= 11 is 0. The van der Waals surface area contributed by atoms with Gasteiger partial charge in [0.2, 0.25) is 5.95 Å². The number of methoxy groups -OCH3 is 1. The summed E-state index contributed by atoms with van der Waals surface area (Å²) in [5.74, 6) is 1.11. The van der Waals surface area contributed by atoms with Crippen molar-refractivity contribution in [1.82, 2.24) is 9.97 Å². The van der Waals surface area contributed by atoms with E-state index in [1.54, 1.807) is 43.8 Å². The SMILES string of the molecule is COc1ccc(C#N)c(Nc2ncccn2)c1. The van der Waals surface area contributed by atoms with E-state index in [9.17, 15) is 0 Å². The topological polar surface area (TPSA) is 70.8 Å². The molecule has 1 aromatic heterocycles. The number of aromatic nitrogens is 2. The zero-order valence-electron chi connectivity index (χ0n) is 9.21. The number of ether oxygens (including phenoxy) is 1. The van der Waals surface area contributed by atoms with E-state index in [1.165, 1.54) is 0 Å². The summed E-state index contributed by atoms with van der Waals surface area (Å²) < 4.78 is 5.10. The van der Waals surface area contributed by atoms with Gasteiger partial charge in [-0.05, 0) is 18.2 Å². The number of nitriles is 1. The maximum atomic E-state index is 8.99. The Morgan fingerprint density at radius 1 is 1.29 bits per heavy atom. The average Bonchev–Trinajstić information content (AvgIpc) is 2.40. The van der Waals surface area contributed by atoms with Crippen LogP contribution in [0.5, 0.6) is 5.75 Å². The van der Waals surface area contributed by atoms with Gasteiger partial charge in [0.05, 0.1) is 18.4 Å². The van der Waals surface area contributed by atoms with Gasteiger partial charge < -0.3 is 10.1 Å². The van der Waals surface area contributed by atoms with Crippen molar-refractivity contribution in [2.75, 3.05) is 12.4 Å². The molecule has 1 aromatic carbocycles. The fourth-order valence-corrected chi connectivity index (χ4v) is 1.34. The van der Waals surface area contributed by atoms with Crippen LogP contribution >= 0.6 is 0 Å². The molecule has 0 aliphatic heterocycles. The van der Waals surface area contributed by atoms with E-state index in [1.807, 2.05) is 0 Å². The zero-order valence-corrected chi connectivity index (χ0v) is 9.21. The molecule has 84 valence electrons. The van der Waals surface area contributed by atoms with Crippen molar-refractivity contribution in [3.8, 4) is 11.8 Å². The molecule has 0 amide bonds. The molecule has 0 unspecified atom stereocenters. The molecule has 0 saturated carbocycles. The Morgan fingerprint density at radius 2 is 2.06 bits per heavy atom. The van der Waals surface area contributed by atoms with E-state index in [4.69, 9.17) is 10.00 Å². The molecule has 0 aliphatic rings. The minimum atomic E-state index is 0.442. The Labute approximate surface area is 98.7 Å². The minimum Gasteiger partial charge on any atom is -0.497 e. The third-order valence-electron chi connectivity index (χ3n) is 2.16. The number of hydrogen-bond acceptors (Lipinski definition) is 5. The van der Waals surface area contributed by atoms with Crippen molar-refractivity contribution in [1.29, 1.82) is 5.26 Å². The first-order chi connectivity index (χ1) is 8.33. The first-order valence-electron chi connectivity index (χ1n) is 4.95. The van der Waals surface area contributed by atoms with Crippen LogP contribution < -0.4 is 10.1 Å². The van der Waals surface area contributed by atoms with Crippen LogP contribution in [-0.4, -0.2) is 17.1 Å². The first-order valence-corrected chi connectivity index (χ1v) is 4.95. The summed E-state index contributed by atoms with van der Waals surface area (Å²) in [6, 6.07) is 8.97. The van der Waals surface area contributed by atoms with Gasteiger partial charge >= 0.3 is 0 Å². The van der Waals surface area contributed by atoms with Crippen molar-refractivity contribution in [3.05, 3.63) is 42.2 Å². The smallest absolute Gasteiger partial charge is 0.227 e. The Balaban J connectivity index is 2.34. The molecule has 0 fully saturated rings. The molecule has 5 nitrogen and oxygen atoms in total. The lowest BCUT2D eigenvalue weighted by Gasteiger charge is -2.08. The maximum absolute atomic E-state index is 8.99. The highest BCUT2D eigenvalue weighted by Crippen LogP contribution is 2.23. The highest BCUT2D eigenvalue weighted by molar-refractivity contribution is 5.65. The molecule has 0 aliphatic carbocycles. The van der Waals surface area contributed by atoms with Crippen molar-refractivity contribution < 1.29 is 4.74 Å². The molecule has 0 atom stereocenters. The third kappa shape index (κ3) is 2.49. The fraction of sp³-hybridized carbons (Fsp3) is 0.0833. The molecule has 0 saturated heterocycles. The second-order valence-electron chi connectivity index (χ2n) is 3.22. The molecule has 0 radical (unpaired) electrons. The highest BCUT2D eigenvalue weighted by Gasteiger charge is 2.05. The van der Waals surface area contributed by atoms with Gasteiger partial charge in [0.25, 0.3) is 0 Å². The zero-order chi connectivity index (χ0) is 12.1. The van der Waals surface area contributed by atoms with E-state index in [2.05, 4.69) is 21.4 Å². The Bertz CT molecular complexity index is 548. The van der Waals surface area contributed by atoms with Gasteiger partial charge in [-0.25, -0.2) is 9.97 Å². The number of nitrogens with one attached hydrogen (secondary N) is 1. The number of benzene rings is 1. The highest BCUT2D eigenvalue weighted by atomic mass is 16.5. The van der Waals surface area contributed by atoms with Gasteiger partial charge in [0.15, 0.2) is 0 Å². The van der Waals surface area contributed by atoms with Crippen LogP contribution in [0.4, 0.5) is 11.6 Å². The van der Waals surface area contributed by atoms with Crippen LogP contribution in [0.1, 0.15) is 5.56 Å². The van der Waals surface area contributed by atoms with Gasteiger partial charge in [-0.1, -0.05) is 0 Å². The van der Waals surface area contributed by atoms with Gasteiger partial charge in [0.1, 0.15) is 11.8 Å². The quantitative estimate of drug-likeness (QED) is 0.867. The number of anilines is 2. The molecule has 0 spiro atoms. The molecule has 1 N–H and O–H groups in total. The summed E-state index contributed by atoms with van der Waals surface area (Å²) in [7, 11) is 1.57. The summed E-state index contributed by atoms with van der Waals surface area (Å²) in [5, 5.41) is 12.0. The molecule has 2 rings (SSSR count). The van der Waals surface area contributed by atoms with E-state index in [0.29, 0.717) is 22.9 Å². The molecule has 0 bridgehead atoms. The second-order valence-corrected chi connectivity index (χ2v) is 3.22. The molecule has 1 heterocycles. The normalized spacial score (nSPS) is 9.41. The summed E-state index contributed by atoms with van der Waals surface area (Å²) in [6.45, 7) is 0. The first kappa shape index (κ1) is 10.9. The van der Waals surface area contributed by atoms with Crippen molar-refractivity contribution >= 4 is 11.6 Å². The summed E-state index contributed by atoms with van der Waals surface area (Å²) in [4.78, 5) is 8.06. The predicted molar refractivity (Wildman–Crippen MR) is 63.0 cm³/mol. The number of nitrogens with zero attached hydrogens (tertiary/aromatic N) is 3. The van der Waals surface area contributed by atoms with Gasteiger partial charge in [0, 0.05) is 18.5 Å². The molecular weight excluding hydrogens is 216 g/mol. The lowest BCUT2D eigenvalue weighted by atomic mass is 10.2. The largest absolute Gasteiger partial charge is 0.497 e. The van der Waals surface area contributed by atoms with E-state index < -0.39 is 0 Å². The van der Waals surface area contributed by atoms with Crippen molar-refractivity contribution in [2.45, 2.75) is 0 Å². The van der Waals surface area contributed by atoms with Gasteiger partial charge in [-0.3, -0.25) is 0 Å². The number of hydrogen-bond donors (Lipinski definition) is 1. The minimum absolute atomic E-state index is 0.442. The van der Waals surface area contributed by atoms with Crippen LogP contribution in [0.3, 0.4) is 0 Å². The standard InChI is InChI=1S/C12H10N4O/c1-17-10-4-3-9(8-13)11(7-10)16-12-14-5-2-6-15-12/h2-7H,1H3,(H,14,15,16). The van der Waals surface area contributed by atoms with Crippen LogP contribution in [0, 0.1) is 11.3 Å². The van der Waals surface area contributed by atoms with Crippen LogP contribution in [-0.2, 0) is 0 Å². The maximum Gasteiger partial charge on any atom is 0.227 e. The molecule has 2 aromatic rings. The number of rotatable bonds is 3. The Hall–Kier alpha value is -2.61. The Morgan fingerprint density at radius 3 is 2.71 bits per heavy atom. The predicted octanol–water partition coefficient (Wildman–Crippen LogP) is 2.10. The monoisotopic (exact) mass is 226 g/mol. The van der Waals surface area contributed by atoms with Crippen molar-refractivity contribution in [2.24, 2.45) is 0 Å².